The molecule has 1 rings (SSSR count). The highest BCUT2D eigenvalue weighted by Crippen LogP contribution is 2.25. The van der Waals surface area contributed by atoms with Crippen molar-refractivity contribution in [1.82, 2.24) is 4.90 Å². The Morgan fingerprint density at radius 1 is 0.895 bits per heavy atom. The van der Waals surface area contributed by atoms with Crippen molar-refractivity contribution in [2.75, 3.05) is 19.6 Å². The van der Waals surface area contributed by atoms with Gasteiger partial charge in [0.1, 0.15) is 0 Å². The summed E-state index contributed by atoms with van der Waals surface area (Å²) in [5.74, 6) is -0.0670. The average molecular weight is 265 g/mol. The quantitative estimate of drug-likeness (QED) is 0.530. The number of hydrogen-bond donors (Lipinski definition) is 2. The summed E-state index contributed by atoms with van der Waals surface area (Å²) in [6.07, 6.45) is 5.90. The van der Waals surface area contributed by atoms with E-state index in [-0.39, 0.29) is 11.5 Å². The van der Waals surface area contributed by atoms with Crippen LogP contribution in [-0.4, -0.2) is 34.7 Å². The molecule has 0 unspecified atom stereocenters. The third-order valence-corrected chi connectivity index (χ3v) is 3.37. The van der Waals surface area contributed by atoms with Gasteiger partial charge in [0, 0.05) is 6.54 Å². The van der Waals surface area contributed by atoms with Crippen LogP contribution in [0.25, 0.3) is 0 Å². The van der Waals surface area contributed by atoms with E-state index in [1.54, 1.807) is 12.1 Å². The minimum absolute atomic E-state index is 0.0227. The fraction of sp³-hybridized carbons (Fsp3) is 0.625. The summed E-state index contributed by atoms with van der Waals surface area (Å²) in [5, 5.41) is 18.8. The molecule has 1 aromatic rings. The van der Waals surface area contributed by atoms with Gasteiger partial charge < -0.3 is 15.1 Å². The van der Waals surface area contributed by atoms with Crippen LogP contribution in [0.15, 0.2) is 18.2 Å². The van der Waals surface area contributed by atoms with E-state index in [0.717, 1.165) is 31.6 Å². The maximum atomic E-state index is 9.48. The van der Waals surface area contributed by atoms with Gasteiger partial charge in [-0.2, -0.15) is 0 Å². The molecule has 0 aliphatic rings. The SMILES string of the molecule is CCCCCN(CCC)CCc1ccc(O)c(O)c1. The fourth-order valence-electron chi connectivity index (χ4n) is 2.25. The van der Waals surface area contributed by atoms with Gasteiger partial charge in [-0.1, -0.05) is 32.8 Å². The van der Waals surface area contributed by atoms with Gasteiger partial charge in [-0.05, 0) is 50.0 Å². The molecule has 0 saturated heterocycles. The van der Waals surface area contributed by atoms with Crippen LogP contribution in [-0.2, 0) is 6.42 Å². The summed E-state index contributed by atoms with van der Waals surface area (Å²) in [6, 6.07) is 5.10. The van der Waals surface area contributed by atoms with Crippen LogP contribution in [0, 0.1) is 0 Å². The first-order valence-electron chi connectivity index (χ1n) is 7.40. The van der Waals surface area contributed by atoms with Crippen LogP contribution in [0.4, 0.5) is 0 Å². The smallest absolute Gasteiger partial charge is 0.157 e. The fourth-order valence-corrected chi connectivity index (χ4v) is 2.25. The van der Waals surface area contributed by atoms with E-state index in [2.05, 4.69) is 18.7 Å². The largest absolute Gasteiger partial charge is 0.504 e. The van der Waals surface area contributed by atoms with Crippen LogP contribution in [0.5, 0.6) is 11.5 Å². The van der Waals surface area contributed by atoms with Crippen molar-refractivity contribution in [3.8, 4) is 11.5 Å². The summed E-state index contributed by atoms with van der Waals surface area (Å²) < 4.78 is 0. The molecule has 0 bridgehead atoms. The van der Waals surface area contributed by atoms with Crippen molar-refractivity contribution in [3.63, 3.8) is 0 Å². The van der Waals surface area contributed by atoms with E-state index in [9.17, 15) is 10.2 Å². The normalized spacial score (nSPS) is 11.1. The lowest BCUT2D eigenvalue weighted by Crippen LogP contribution is -2.28. The first kappa shape index (κ1) is 15.8. The Labute approximate surface area is 116 Å². The van der Waals surface area contributed by atoms with Gasteiger partial charge in [0.2, 0.25) is 0 Å². The van der Waals surface area contributed by atoms with Gasteiger partial charge >= 0.3 is 0 Å². The van der Waals surface area contributed by atoms with Gasteiger partial charge in [-0.15, -0.1) is 0 Å². The van der Waals surface area contributed by atoms with Crippen molar-refractivity contribution >= 4 is 0 Å². The number of nitrogens with zero attached hydrogens (tertiary/aromatic N) is 1. The second-order valence-corrected chi connectivity index (χ2v) is 5.12. The van der Waals surface area contributed by atoms with Crippen molar-refractivity contribution in [2.24, 2.45) is 0 Å². The molecule has 0 fully saturated rings. The molecule has 0 spiro atoms. The molecular formula is C16H27NO2. The molecule has 19 heavy (non-hydrogen) atoms. The van der Waals surface area contributed by atoms with Crippen molar-refractivity contribution in [3.05, 3.63) is 23.8 Å². The third-order valence-electron chi connectivity index (χ3n) is 3.37. The highest BCUT2D eigenvalue weighted by Gasteiger charge is 2.05. The Kier molecular flexibility index (Phi) is 7.34. The standard InChI is InChI=1S/C16H27NO2/c1-3-5-6-11-17(10-4-2)12-9-14-7-8-15(18)16(19)13-14/h7-8,13,18-19H,3-6,9-12H2,1-2H3. The van der Waals surface area contributed by atoms with E-state index >= 15 is 0 Å². The number of phenolic OH excluding ortho intramolecular Hbond substituents is 2. The second-order valence-electron chi connectivity index (χ2n) is 5.12. The Morgan fingerprint density at radius 3 is 2.32 bits per heavy atom. The molecule has 0 atom stereocenters. The number of hydrogen-bond acceptors (Lipinski definition) is 3. The van der Waals surface area contributed by atoms with Gasteiger partial charge in [0.25, 0.3) is 0 Å². The molecule has 0 heterocycles. The van der Waals surface area contributed by atoms with Crippen LogP contribution in [0.2, 0.25) is 0 Å². The van der Waals surface area contributed by atoms with Crippen LogP contribution < -0.4 is 0 Å². The van der Waals surface area contributed by atoms with Crippen molar-refractivity contribution in [1.29, 1.82) is 0 Å². The summed E-state index contributed by atoms with van der Waals surface area (Å²) >= 11 is 0. The number of rotatable bonds is 9. The summed E-state index contributed by atoms with van der Waals surface area (Å²) in [7, 11) is 0. The highest BCUT2D eigenvalue weighted by molar-refractivity contribution is 5.40. The Balaban J connectivity index is 2.43. The molecule has 108 valence electrons. The maximum absolute atomic E-state index is 9.48. The summed E-state index contributed by atoms with van der Waals surface area (Å²) in [4.78, 5) is 2.49. The monoisotopic (exact) mass is 265 g/mol. The predicted octanol–water partition coefficient (Wildman–Crippen LogP) is 3.54. The topological polar surface area (TPSA) is 43.7 Å². The summed E-state index contributed by atoms with van der Waals surface area (Å²) in [6.45, 7) is 7.74. The van der Waals surface area contributed by atoms with Crippen LogP contribution in [0.1, 0.15) is 45.1 Å². The second kappa shape index (κ2) is 8.81. The zero-order valence-electron chi connectivity index (χ0n) is 12.2. The molecule has 0 aliphatic heterocycles. The van der Waals surface area contributed by atoms with E-state index in [0.29, 0.717) is 0 Å². The molecule has 2 N–H and O–H groups in total. The number of aromatic hydroxyl groups is 2. The first-order chi connectivity index (χ1) is 9.17. The molecule has 0 amide bonds. The minimum atomic E-state index is -0.0443. The van der Waals surface area contributed by atoms with E-state index in [1.165, 1.54) is 25.7 Å². The number of phenols is 2. The molecule has 0 saturated carbocycles. The molecule has 0 aliphatic carbocycles. The average Bonchev–Trinajstić information content (AvgIpc) is 2.40. The first-order valence-corrected chi connectivity index (χ1v) is 7.40. The van der Waals surface area contributed by atoms with Crippen molar-refractivity contribution in [2.45, 2.75) is 46.0 Å². The van der Waals surface area contributed by atoms with E-state index < -0.39 is 0 Å². The number of unbranched alkanes of at least 4 members (excludes halogenated alkanes) is 2. The lowest BCUT2D eigenvalue weighted by atomic mass is 10.1. The molecule has 0 radical (unpaired) electrons. The van der Waals surface area contributed by atoms with Crippen LogP contribution in [0.3, 0.4) is 0 Å². The van der Waals surface area contributed by atoms with Crippen LogP contribution >= 0.6 is 0 Å². The highest BCUT2D eigenvalue weighted by atomic mass is 16.3. The van der Waals surface area contributed by atoms with E-state index in [4.69, 9.17) is 0 Å². The summed E-state index contributed by atoms with van der Waals surface area (Å²) in [5.41, 5.74) is 1.08. The lowest BCUT2D eigenvalue weighted by molar-refractivity contribution is 0.271. The molecular weight excluding hydrogens is 238 g/mol. The van der Waals surface area contributed by atoms with E-state index in [1.807, 2.05) is 6.07 Å². The molecule has 0 aromatic heterocycles. The number of benzene rings is 1. The Morgan fingerprint density at radius 2 is 1.68 bits per heavy atom. The Hall–Kier alpha value is -1.22. The lowest BCUT2D eigenvalue weighted by Gasteiger charge is -2.21. The molecule has 3 heteroatoms. The van der Waals surface area contributed by atoms with Gasteiger partial charge in [-0.25, -0.2) is 0 Å². The predicted molar refractivity (Wildman–Crippen MR) is 79.7 cm³/mol. The Bertz CT molecular complexity index is 366. The van der Waals surface area contributed by atoms with Crippen molar-refractivity contribution < 1.29 is 10.2 Å². The van der Waals surface area contributed by atoms with Gasteiger partial charge in [-0.3, -0.25) is 0 Å². The van der Waals surface area contributed by atoms with Gasteiger partial charge in [0.15, 0.2) is 11.5 Å². The molecule has 3 nitrogen and oxygen atoms in total. The van der Waals surface area contributed by atoms with Gasteiger partial charge in [0.05, 0.1) is 0 Å². The third kappa shape index (κ3) is 5.97. The maximum Gasteiger partial charge on any atom is 0.157 e. The minimum Gasteiger partial charge on any atom is -0.504 e. The zero-order chi connectivity index (χ0) is 14.1. The zero-order valence-corrected chi connectivity index (χ0v) is 12.2. The molecule has 1 aromatic carbocycles.